The molecule has 1 aromatic heterocycles. The fourth-order valence-electron chi connectivity index (χ4n) is 8.77. The summed E-state index contributed by atoms with van der Waals surface area (Å²) in [6, 6.07) is 77.1. The van der Waals surface area contributed by atoms with Crippen molar-refractivity contribution in [1.29, 1.82) is 0 Å². The van der Waals surface area contributed by atoms with E-state index in [1.165, 1.54) is 77.1 Å². The third-order valence-corrected chi connectivity index (χ3v) is 11.9. The number of aryl methyl sites for hydroxylation is 1. The molecule has 0 radical (unpaired) electrons. The number of fused-ring (bicyclic) bond motifs is 4. The molecule has 0 amide bonds. The Morgan fingerprint density at radius 1 is 0.453 bits per heavy atom. The second-order valence-corrected chi connectivity index (χ2v) is 16.1. The van der Waals surface area contributed by atoms with Crippen LogP contribution >= 0.6 is 0 Å². The van der Waals surface area contributed by atoms with Crippen molar-refractivity contribution in [2.75, 3.05) is 4.90 Å². The van der Waals surface area contributed by atoms with Gasteiger partial charge in [0.15, 0.2) is 0 Å². The molecule has 0 unspecified atom stereocenters. The van der Waals surface area contributed by atoms with Crippen molar-refractivity contribution in [1.82, 2.24) is 4.57 Å². The molecule has 0 saturated heterocycles. The minimum atomic E-state index is 0.954. The van der Waals surface area contributed by atoms with E-state index in [-0.39, 0.29) is 0 Å². The van der Waals surface area contributed by atoms with Crippen molar-refractivity contribution in [3.63, 3.8) is 0 Å². The van der Waals surface area contributed by atoms with Crippen molar-refractivity contribution in [2.45, 2.75) is 27.3 Å². The number of allylic oxidation sites excluding steroid dienone is 5. The Bertz CT molecular complexity index is 3240. The fourth-order valence-corrected chi connectivity index (χ4v) is 8.77. The monoisotopic (exact) mass is 824 g/mol. The highest BCUT2D eigenvalue weighted by molar-refractivity contribution is 6.09. The number of nitrogens with zero attached hydrogens (tertiary/aromatic N) is 2. The van der Waals surface area contributed by atoms with Crippen molar-refractivity contribution in [3.05, 3.63) is 249 Å². The molecule has 10 aromatic rings. The van der Waals surface area contributed by atoms with Crippen LogP contribution in [0, 0.1) is 0 Å². The minimum absolute atomic E-state index is 0.954. The smallest absolute Gasteiger partial charge is 0.0540 e. The minimum Gasteiger partial charge on any atom is -0.341 e. The van der Waals surface area contributed by atoms with Gasteiger partial charge in [0.1, 0.15) is 0 Å². The van der Waals surface area contributed by atoms with Crippen LogP contribution in [0.4, 0.5) is 17.1 Å². The maximum Gasteiger partial charge on any atom is 0.0540 e. The van der Waals surface area contributed by atoms with Gasteiger partial charge in [0, 0.05) is 45.1 Å². The number of anilines is 3. The van der Waals surface area contributed by atoms with E-state index in [0.29, 0.717) is 0 Å². The maximum absolute atomic E-state index is 3.71. The number of benzene rings is 9. The Hall–Kier alpha value is -7.94. The molecule has 310 valence electrons. The molecule has 0 spiro atoms. The van der Waals surface area contributed by atoms with E-state index in [2.05, 4.69) is 235 Å². The summed E-state index contributed by atoms with van der Waals surface area (Å²) in [5, 5.41) is 5.05. The Morgan fingerprint density at radius 2 is 0.938 bits per heavy atom. The van der Waals surface area contributed by atoms with E-state index in [0.717, 1.165) is 29.2 Å². The molecule has 2 nitrogen and oxygen atoms in total. The van der Waals surface area contributed by atoms with Gasteiger partial charge in [-0.25, -0.2) is 0 Å². The summed E-state index contributed by atoms with van der Waals surface area (Å²) in [5.41, 5.74) is 16.8. The van der Waals surface area contributed by atoms with Gasteiger partial charge in [0.25, 0.3) is 0 Å². The molecule has 10 rings (SSSR count). The topological polar surface area (TPSA) is 8.17 Å². The second-order valence-electron chi connectivity index (χ2n) is 16.1. The number of para-hydroxylation sites is 2. The maximum atomic E-state index is 3.71. The summed E-state index contributed by atoms with van der Waals surface area (Å²) in [5.74, 6) is 0. The zero-order chi connectivity index (χ0) is 43.8. The number of hydrogen-bond acceptors (Lipinski definition) is 1. The van der Waals surface area contributed by atoms with Crippen LogP contribution in [0.2, 0.25) is 0 Å². The summed E-state index contributed by atoms with van der Waals surface area (Å²) >= 11 is 0. The predicted molar refractivity (Wildman–Crippen MR) is 278 cm³/mol. The second kappa shape index (κ2) is 19.0. The molecule has 0 N–H and O–H groups in total. The lowest BCUT2D eigenvalue weighted by Crippen LogP contribution is -2.10. The molecule has 0 fully saturated rings. The molecular formula is C62H52N2. The summed E-state index contributed by atoms with van der Waals surface area (Å²) in [7, 11) is 0. The van der Waals surface area contributed by atoms with E-state index >= 15 is 0 Å². The Labute approximate surface area is 378 Å². The van der Waals surface area contributed by atoms with Crippen LogP contribution in [0.5, 0.6) is 0 Å². The van der Waals surface area contributed by atoms with Crippen LogP contribution in [0.15, 0.2) is 249 Å². The summed E-state index contributed by atoms with van der Waals surface area (Å²) < 4.78 is 2.41. The third-order valence-electron chi connectivity index (χ3n) is 11.9. The first-order valence-electron chi connectivity index (χ1n) is 22.2. The first-order chi connectivity index (χ1) is 31.5. The normalized spacial score (nSPS) is 11.4. The first-order valence-corrected chi connectivity index (χ1v) is 22.2. The lowest BCUT2D eigenvalue weighted by atomic mass is 9.94. The number of aromatic nitrogens is 1. The van der Waals surface area contributed by atoms with Crippen molar-refractivity contribution >= 4 is 49.6 Å². The lowest BCUT2D eigenvalue weighted by molar-refractivity contribution is 0.827. The van der Waals surface area contributed by atoms with Crippen molar-refractivity contribution in [2.24, 2.45) is 0 Å². The van der Waals surface area contributed by atoms with Gasteiger partial charge in [0.05, 0.1) is 5.69 Å². The van der Waals surface area contributed by atoms with E-state index in [1.807, 2.05) is 38.2 Å². The first kappa shape index (κ1) is 41.4. The SMILES string of the molecule is C=C(C)/C=C\C=C/C.CCn1c2ccccc2c2cc(-c3ccc(-c4ccc(-c5ccc(N(c6ccccc6)c6ccc(-c7ccccc7)cc6)c6ccccc56)cc4)cc3)ccc21. The van der Waals surface area contributed by atoms with Crippen LogP contribution in [0.1, 0.15) is 20.8 Å². The van der Waals surface area contributed by atoms with Gasteiger partial charge in [-0.3, -0.25) is 0 Å². The number of rotatable bonds is 10. The van der Waals surface area contributed by atoms with Crippen LogP contribution in [0.25, 0.3) is 77.1 Å². The van der Waals surface area contributed by atoms with Gasteiger partial charge >= 0.3 is 0 Å². The van der Waals surface area contributed by atoms with Gasteiger partial charge in [-0.05, 0) is 119 Å². The molecule has 0 aliphatic heterocycles. The highest BCUT2D eigenvalue weighted by Crippen LogP contribution is 2.43. The summed E-state index contributed by atoms with van der Waals surface area (Å²) in [6.07, 6.45) is 7.91. The largest absolute Gasteiger partial charge is 0.341 e. The van der Waals surface area contributed by atoms with E-state index in [4.69, 9.17) is 0 Å². The van der Waals surface area contributed by atoms with Crippen LogP contribution in [-0.2, 0) is 6.54 Å². The average Bonchev–Trinajstić information content (AvgIpc) is 3.68. The summed E-state index contributed by atoms with van der Waals surface area (Å²) in [4.78, 5) is 2.37. The van der Waals surface area contributed by atoms with Gasteiger partial charge in [-0.15, -0.1) is 0 Å². The molecule has 2 heteroatoms. The molecule has 0 aliphatic carbocycles. The zero-order valence-electron chi connectivity index (χ0n) is 36.8. The lowest BCUT2D eigenvalue weighted by Gasteiger charge is -2.27. The standard InChI is InChI=1S/C54H40N2.C8H12/c1-2-55-52-20-12-11-19-50(52)51-37-44(31-35-53(51)55)42-23-21-39(22-24-42)40-25-27-43(28-26-40)47-34-36-54(49-18-10-9-17-48(47)49)56(45-15-7-4-8-16-45)46-32-29-41(30-33-46)38-13-5-3-6-14-38;1-4-5-6-7-8(2)3/h3-37H,2H2,1H3;4-7H,2H2,1,3H3/b;5-4-,7-6-. The van der Waals surface area contributed by atoms with Crippen molar-refractivity contribution < 1.29 is 0 Å². The molecule has 9 aromatic carbocycles. The van der Waals surface area contributed by atoms with E-state index < -0.39 is 0 Å². The Morgan fingerprint density at radius 3 is 1.56 bits per heavy atom. The van der Waals surface area contributed by atoms with Crippen LogP contribution < -0.4 is 4.90 Å². The van der Waals surface area contributed by atoms with Gasteiger partial charge in [0.2, 0.25) is 0 Å². The van der Waals surface area contributed by atoms with Crippen LogP contribution in [-0.4, -0.2) is 4.57 Å². The van der Waals surface area contributed by atoms with Gasteiger partial charge < -0.3 is 9.47 Å². The van der Waals surface area contributed by atoms with Crippen LogP contribution in [0.3, 0.4) is 0 Å². The zero-order valence-corrected chi connectivity index (χ0v) is 36.8. The molecule has 0 saturated carbocycles. The summed E-state index contributed by atoms with van der Waals surface area (Å²) in [6.45, 7) is 10.8. The number of hydrogen-bond donors (Lipinski definition) is 0. The Balaban J connectivity index is 0.000000594. The average molecular weight is 825 g/mol. The molecule has 0 aliphatic rings. The van der Waals surface area contributed by atoms with Gasteiger partial charge in [-0.1, -0.05) is 200 Å². The fraction of sp³-hybridized carbons (Fsp3) is 0.0645. The molecule has 0 bridgehead atoms. The van der Waals surface area contributed by atoms with E-state index in [9.17, 15) is 0 Å². The predicted octanol–water partition coefficient (Wildman–Crippen LogP) is 17.8. The molecular weight excluding hydrogens is 773 g/mol. The third kappa shape index (κ3) is 8.60. The molecule has 1 heterocycles. The highest BCUT2D eigenvalue weighted by atomic mass is 15.1. The Kier molecular flexibility index (Phi) is 12.3. The van der Waals surface area contributed by atoms with Gasteiger partial charge in [-0.2, -0.15) is 0 Å². The van der Waals surface area contributed by atoms with Crippen molar-refractivity contribution in [3.8, 4) is 44.5 Å². The molecule has 64 heavy (non-hydrogen) atoms. The molecule has 0 atom stereocenters. The quantitative estimate of drug-likeness (QED) is 0.125. The van der Waals surface area contributed by atoms with E-state index in [1.54, 1.807) is 0 Å². The highest BCUT2D eigenvalue weighted by Gasteiger charge is 2.18.